The van der Waals surface area contributed by atoms with Crippen LogP contribution in [0.2, 0.25) is 0 Å². The Balaban J connectivity index is 3.20. The third-order valence-electron chi connectivity index (χ3n) is 1.52. The lowest BCUT2D eigenvalue weighted by molar-refractivity contribution is 0.315. The van der Waals surface area contributed by atoms with E-state index in [4.69, 9.17) is 14.2 Å². The van der Waals surface area contributed by atoms with E-state index in [-0.39, 0.29) is 17.4 Å². The second-order valence-corrected chi connectivity index (χ2v) is 2.22. The Morgan fingerprint density at radius 2 is 1.85 bits per heavy atom. The Morgan fingerprint density at radius 1 is 1.15 bits per heavy atom. The standard InChI is InChI=1S/C8H11NO4/c1-11-5-4-6(12-2)9-8(13-3)7(5)10/h4,10H,1-3H3. The third-order valence-corrected chi connectivity index (χ3v) is 1.52. The van der Waals surface area contributed by atoms with E-state index in [9.17, 15) is 5.11 Å². The Kier molecular flexibility index (Phi) is 2.79. The van der Waals surface area contributed by atoms with Gasteiger partial charge in [-0.15, -0.1) is 0 Å². The van der Waals surface area contributed by atoms with Crippen molar-refractivity contribution in [2.24, 2.45) is 0 Å². The van der Waals surface area contributed by atoms with E-state index in [0.717, 1.165) is 0 Å². The fraction of sp³-hybridized carbons (Fsp3) is 0.375. The van der Waals surface area contributed by atoms with E-state index in [1.54, 1.807) is 0 Å². The molecule has 1 heterocycles. The summed E-state index contributed by atoms with van der Waals surface area (Å²) >= 11 is 0. The smallest absolute Gasteiger partial charge is 0.263 e. The maximum Gasteiger partial charge on any atom is 0.263 e. The van der Waals surface area contributed by atoms with E-state index in [1.165, 1.54) is 27.4 Å². The maximum atomic E-state index is 9.44. The molecule has 0 radical (unpaired) electrons. The van der Waals surface area contributed by atoms with Crippen molar-refractivity contribution in [2.75, 3.05) is 21.3 Å². The van der Waals surface area contributed by atoms with Gasteiger partial charge in [0, 0.05) is 6.07 Å². The van der Waals surface area contributed by atoms with E-state index in [0.29, 0.717) is 5.88 Å². The van der Waals surface area contributed by atoms with Gasteiger partial charge < -0.3 is 19.3 Å². The van der Waals surface area contributed by atoms with E-state index < -0.39 is 0 Å². The molecule has 0 atom stereocenters. The first kappa shape index (κ1) is 9.44. The molecule has 1 aromatic heterocycles. The quantitative estimate of drug-likeness (QED) is 0.755. The summed E-state index contributed by atoms with van der Waals surface area (Å²) in [6, 6.07) is 1.47. The number of hydrogen-bond donors (Lipinski definition) is 1. The van der Waals surface area contributed by atoms with Crippen LogP contribution in [0, 0.1) is 0 Å². The minimum atomic E-state index is -0.134. The number of rotatable bonds is 3. The molecule has 0 fully saturated rings. The van der Waals surface area contributed by atoms with E-state index >= 15 is 0 Å². The first-order chi connectivity index (χ1) is 6.22. The molecule has 0 aliphatic carbocycles. The van der Waals surface area contributed by atoms with Gasteiger partial charge in [0.2, 0.25) is 11.6 Å². The predicted molar refractivity (Wildman–Crippen MR) is 45.6 cm³/mol. The molecule has 0 saturated heterocycles. The zero-order chi connectivity index (χ0) is 9.84. The van der Waals surface area contributed by atoms with Crippen molar-refractivity contribution in [1.82, 2.24) is 4.98 Å². The summed E-state index contributed by atoms with van der Waals surface area (Å²) in [5, 5.41) is 9.44. The highest BCUT2D eigenvalue weighted by atomic mass is 16.5. The summed E-state index contributed by atoms with van der Waals surface area (Å²) in [5.74, 6) is 0.539. The van der Waals surface area contributed by atoms with Crippen LogP contribution in [0.25, 0.3) is 0 Å². The van der Waals surface area contributed by atoms with Crippen molar-refractivity contribution in [3.8, 4) is 23.3 Å². The third kappa shape index (κ3) is 1.74. The number of nitrogens with zero attached hydrogens (tertiary/aromatic N) is 1. The van der Waals surface area contributed by atoms with Crippen LogP contribution in [0.15, 0.2) is 6.07 Å². The van der Waals surface area contributed by atoms with Crippen LogP contribution in [-0.2, 0) is 0 Å². The Labute approximate surface area is 75.9 Å². The fourth-order valence-corrected chi connectivity index (χ4v) is 0.874. The second kappa shape index (κ2) is 3.84. The molecule has 72 valence electrons. The van der Waals surface area contributed by atoms with Gasteiger partial charge in [-0.2, -0.15) is 4.98 Å². The molecule has 0 bridgehead atoms. The number of hydrogen-bond acceptors (Lipinski definition) is 5. The van der Waals surface area contributed by atoms with Gasteiger partial charge in [-0.1, -0.05) is 0 Å². The molecule has 1 aromatic rings. The van der Waals surface area contributed by atoms with Gasteiger partial charge in [-0.25, -0.2) is 0 Å². The minimum absolute atomic E-state index is 0.0798. The molecule has 0 unspecified atom stereocenters. The highest BCUT2D eigenvalue weighted by Gasteiger charge is 2.12. The Bertz CT molecular complexity index is 275. The van der Waals surface area contributed by atoms with Crippen LogP contribution >= 0.6 is 0 Å². The summed E-state index contributed by atoms with van der Waals surface area (Å²) < 4.78 is 14.6. The van der Waals surface area contributed by atoms with Crippen LogP contribution in [0.3, 0.4) is 0 Å². The molecule has 1 rings (SSSR count). The molecule has 1 N–H and O–H groups in total. The zero-order valence-corrected chi connectivity index (χ0v) is 7.70. The van der Waals surface area contributed by atoms with E-state index in [1.807, 2.05) is 0 Å². The average Bonchev–Trinajstić information content (AvgIpc) is 2.18. The topological polar surface area (TPSA) is 60.8 Å². The SMILES string of the molecule is COc1cc(OC)c(O)c(OC)n1. The summed E-state index contributed by atoms with van der Waals surface area (Å²) in [5.41, 5.74) is 0. The molecular formula is C8H11NO4. The first-order valence-electron chi connectivity index (χ1n) is 3.59. The number of aromatic hydroxyl groups is 1. The molecule has 5 heteroatoms. The van der Waals surface area contributed by atoms with Crippen LogP contribution in [0.4, 0.5) is 0 Å². The molecule has 0 aromatic carbocycles. The van der Waals surface area contributed by atoms with Crippen LogP contribution in [-0.4, -0.2) is 31.4 Å². The van der Waals surface area contributed by atoms with Crippen molar-refractivity contribution in [2.45, 2.75) is 0 Å². The highest BCUT2D eigenvalue weighted by Crippen LogP contribution is 2.36. The van der Waals surface area contributed by atoms with Crippen molar-refractivity contribution < 1.29 is 19.3 Å². The second-order valence-electron chi connectivity index (χ2n) is 2.22. The lowest BCUT2D eigenvalue weighted by Crippen LogP contribution is -1.95. The van der Waals surface area contributed by atoms with Crippen molar-refractivity contribution in [3.63, 3.8) is 0 Å². The van der Waals surface area contributed by atoms with Crippen LogP contribution in [0.1, 0.15) is 0 Å². The van der Waals surface area contributed by atoms with Gasteiger partial charge in [0.15, 0.2) is 5.75 Å². The number of pyridine rings is 1. The predicted octanol–water partition coefficient (Wildman–Crippen LogP) is 0.813. The first-order valence-corrected chi connectivity index (χ1v) is 3.59. The molecule has 0 aliphatic heterocycles. The van der Waals surface area contributed by atoms with E-state index in [2.05, 4.69) is 4.98 Å². The molecule has 0 saturated carbocycles. The van der Waals surface area contributed by atoms with Gasteiger partial charge in [0.25, 0.3) is 5.88 Å². The fourth-order valence-electron chi connectivity index (χ4n) is 0.874. The lowest BCUT2D eigenvalue weighted by Gasteiger charge is -2.08. The van der Waals surface area contributed by atoms with Gasteiger partial charge in [0.05, 0.1) is 21.3 Å². The summed E-state index contributed by atoms with van der Waals surface area (Å²) in [4.78, 5) is 3.84. The van der Waals surface area contributed by atoms with Crippen molar-refractivity contribution >= 4 is 0 Å². The minimum Gasteiger partial charge on any atom is -0.501 e. The Hall–Kier alpha value is -1.65. The molecule has 0 aliphatic rings. The lowest BCUT2D eigenvalue weighted by atomic mass is 10.4. The maximum absolute atomic E-state index is 9.44. The molecule has 13 heavy (non-hydrogen) atoms. The average molecular weight is 185 g/mol. The van der Waals surface area contributed by atoms with Crippen molar-refractivity contribution in [1.29, 1.82) is 0 Å². The van der Waals surface area contributed by atoms with Crippen LogP contribution in [0.5, 0.6) is 23.3 Å². The molecule has 5 nitrogen and oxygen atoms in total. The largest absolute Gasteiger partial charge is 0.501 e. The molecular weight excluding hydrogens is 174 g/mol. The zero-order valence-electron chi connectivity index (χ0n) is 7.70. The van der Waals surface area contributed by atoms with Gasteiger partial charge in [-0.3, -0.25) is 0 Å². The normalized spacial score (nSPS) is 9.46. The van der Waals surface area contributed by atoms with Gasteiger partial charge >= 0.3 is 0 Å². The summed E-state index contributed by atoms with van der Waals surface area (Å²) in [6.07, 6.45) is 0. The number of aromatic nitrogens is 1. The van der Waals surface area contributed by atoms with Crippen LogP contribution < -0.4 is 14.2 Å². The van der Waals surface area contributed by atoms with Crippen molar-refractivity contribution in [3.05, 3.63) is 6.07 Å². The van der Waals surface area contributed by atoms with Gasteiger partial charge in [-0.05, 0) is 0 Å². The summed E-state index contributed by atoms with van der Waals surface area (Å²) in [7, 11) is 4.31. The highest BCUT2D eigenvalue weighted by molar-refractivity contribution is 5.48. The molecule has 0 amide bonds. The number of methoxy groups -OCH3 is 3. The molecule has 0 spiro atoms. The summed E-state index contributed by atoms with van der Waals surface area (Å²) in [6.45, 7) is 0. The Morgan fingerprint density at radius 3 is 2.31 bits per heavy atom. The van der Waals surface area contributed by atoms with Gasteiger partial charge in [0.1, 0.15) is 0 Å². The number of ether oxygens (including phenoxy) is 3. The monoisotopic (exact) mass is 185 g/mol.